The third-order valence-electron chi connectivity index (χ3n) is 3.72. The molecule has 0 spiro atoms. The molecule has 1 aromatic heterocycles. The fourth-order valence-corrected chi connectivity index (χ4v) is 2.27. The molecular formula is C19H31NO2. The molecular weight excluding hydrogens is 274 g/mol. The van der Waals surface area contributed by atoms with Crippen molar-refractivity contribution in [3.05, 3.63) is 29.1 Å². The third kappa shape index (κ3) is 4.84. The molecule has 0 aliphatic carbocycles. The Balaban J connectivity index is 3.41. The number of ether oxygens (including phenoxy) is 1. The summed E-state index contributed by atoms with van der Waals surface area (Å²) in [6.07, 6.45) is 3.97. The fraction of sp³-hybridized carbons (Fsp3) is 0.632. The van der Waals surface area contributed by atoms with Crippen molar-refractivity contribution in [2.75, 3.05) is 13.2 Å². The normalized spacial score (nSPS) is 12.3. The number of nitrogens with zero attached hydrogens (tertiary/aromatic N) is 1. The van der Waals surface area contributed by atoms with Gasteiger partial charge in [0.05, 0.1) is 18.9 Å². The van der Waals surface area contributed by atoms with Gasteiger partial charge in [0, 0.05) is 11.3 Å². The molecule has 0 unspecified atom stereocenters. The molecule has 0 fully saturated rings. The Morgan fingerprint density at radius 2 is 1.95 bits per heavy atom. The summed E-state index contributed by atoms with van der Waals surface area (Å²) in [5, 5.41) is 9.23. The SMILES string of the molecule is CCCCOc1c(/C(C)=C\CO)cc(C(C)C)nc1C(C)C. The van der Waals surface area contributed by atoms with Crippen molar-refractivity contribution >= 4 is 5.57 Å². The molecule has 1 aromatic rings. The van der Waals surface area contributed by atoms with Gasteiger partial charge < -0.3 is 9.84 Å². The Hall–Kier alpha value is -1.35. The van der Waals surface area contributed by atoms with Crippen LogP contribution in [0.15, 0.2) is 12.1 Å². The van der Waals surface area contributed by atoms with Crippen LogP contribution in [0.25, 0.3) is 5.57 Å². The lowest BCUT2D eigenvalue weighted by Gasteiger charge is -2.20. The largest absolute Gasteiger partial charge is 0.491 e. The van der Waals surface area contributed by atoms with Crippen LogP contribution < -0.4 is 4.74 Å². The highest BCUT2D eigenvalue weighted by atomic mass is 16.5. The van der Waals surface area contributed by atoms with Gasteiger partial charge in [0.1, 0.15) is 5.75 Å². The monoisotopic (exact) mass is 305 g/mol. The number of aliphatic hydroxyl groups is 1. The topological polar surface area (TPSA) is 42.4 Å². The fourth-order valence-electron chi connectivity index (χ4n) is 2.27. The third-order valence-corrected chi connectivity index (χ3v) is 3.72. The molecule has 0 bridgehead atoms. The van der Waals surface area contributed by atoms with E-state index in [2.05, 4.69) is 40.7 Å². The van der Waals surface area contributed by atoms with Gasteiger partial charge in [-0.3, -0.25) is 4.98 Å². The second-order valence-corrected chi connectivity index (χ2v) is 6.39. The van der Waals surface area contributed by atoms with Gasteiger partial charge in [0.15, 0.2) is 0 Å². The second-order valence-electron chi connectivity index (χ2n) is 6.39. The summed E-state index contributed by atoms with van der Waals surface area (Å²) < 4.78 is 6.09. The maximum Gasteiger partial charge on any atom is 0.148 e. The number of aliphatic hydroxyl groups excluding tert-OH is 1. The molecule has 0 aliphatic heterocycles. The number of aromatic nitrogens is 1. The van der Waals surface area contributed by atoms with E-state index in [-0.39, 0.29) is 6.61 Å². The predicted octanol–water partition coefficient (Wildman–Crippen LogP) is 4.90. The van der Waals surface area contributed by atoms with E-state index in [0.717, 1.165) is 41.1 Å². The van der Waals surface area contributed by atoms with Crippen molar-refractivity contribution in [1.29, 1.82) is 0 Å². The van der Waals surface area contributed by atoms with Crippen LogP contribution in [0, 0.1) is 0 Å². The zero-order chi connectivity index (χ0) is 16.7. The first-order chi connectivity index (χ1) is 10.4. The lowest BCUT2D eigenvalue weighted by atomic mass is 9.97. The van der Waals surface area contributed by atoms with Gasteiger partial charge in [-0.25, -0.2) is 0 Å². The van der Waals surface area contributed by atoms with E-state index < -0.39 is 0 Å². The van der Waals surface area contributed by atoms with E-state index >= 15 is 0 Å². The number of unbranched alkanes of at least 4 members (excludes halogenated alkanes) is 1. The van der Waals surface area contributed by atoms with Gasteiger partial charge >= 0.3 is 0 Å². The molecule has 0 atom stereocenters. The van der Waals surface area contributed by atoms with E-state index in [1.54, 1.807) is 0 Å². The van der Waals surface area contributed by atoms with E-state index in [0.29, 0.717) is 18.4 Å². The van der Waals surface area contributed by atoms with Gasteiger partial charge in [-0.05, 0) is 36.8 Å². The molecule has 1 N–H and O–H groups in total. The van der Waals surface area contributed by atoms with Crippen molar-refractivity contribution in [3.8, 4) is 5.75 Å². The highest BCUT2D eigenvalue weighted by molar-refractivity contribution is 5.70. The summed E-state index contributed by atoms with van der Waals surface area (Å²) in [4.78, 5) is 4.84. The van der Waals surface area contributed by atoms with Gasteiger partial charge in [-0.2, -0.15) is 0 Å². The van der Waals surface area contributed by atoms with Crippen molar-refractivity contribution < 1.29 is 9.84 Å². The van der Waals surface area contributed by atoms with E-state index in [1.807, 2.05) is 13.0 Å². The molecule has 3 heteroatoms. The van der Waals surface area contributed by atoms with Crippen molar-refractivity contribution in [1.82, 2.24) is 4.98 Å². The average molecular weight is 305 g/mol. The van der Waals surface area contributed by atoms with Crippen LogP contribution in [0.2, 0.25) is 0 Å². The van der Waals surface area contributed by atoms with Crippen LogP contribution in [-0.4, -0.2) is 23.3 Å². The Morgan fingerprint density at radius 1 is 1.27 bits per heavy atom. The maximum atomic E-state index is 9.23. The highest BCUT2D eigenvalue weighted by Gasteiger charge is 2.19. The molecule has 0 radical (unpaired) electrons. The Labute approximate surface area is 135 Å². The Kier molecular flexibility index (Phi) is 7.60. The molecule has 124 valence electrons. The van der Waals surface area contributed by atoms with Crippen molar-refractivity contribution in [3.63, 3.8) is 0 Å². The van der Waals surface area contributed by atoms with Crippen LogP contribution in [-0.2, 0) is 0 Å². The smallest absolute Gasteiger partial charge is 0.148 e. The van der Waals surface area contributed by atoms with Crippen LogP contribution in [0.5, 0.6) is 5.75 Å². The molecule has 0 saturated heterocycles. The highest BCUT2D eigenvalue weighted by Crippen LogP contribution is 2.35. The molecule has 0 saturated carbocycles. The average Bonchev–Trinajstić information content (AvgIpc) is 2.47. The zero-order valence-corrected chi connectivity index (χ0v) is 14.9. The molecule has 1 rings (SSSR count). The van der Waals surface area contributed by atoms with Crippen LogP contribution in [0.1, 0.15) is 83.2 Å². The molecule has 1 heterocycles. The first-order valence-corrected chi connectivity index (χ1v) is 8.37. The Bertz CT molecular complexity index is 504. The number of pyridine rings is 1. The molecule has 0 amide bonds. The first-order valence-electron chi connectivity index (χ1n) is 8.37. The van der Waals surface area contributed by atoms with Gasteiger partial charge in [-0.15, -0.1) is 0 Å². The van der Waals surface area contributed by atoms with Crippen LogP contribution in [0.3, 0.4) is 0 Å². The summed E-state index contributed by atoms with van der Waals surface area (Å²) in [6.45, 7) is 13.5. The predicted molar refractivity (Wildman–Crippen MR) is 93.6 cm³/mol. The minimum Gasteiger partial charge on any atom is -0.491 e. The van der Waals surface area contributed by atoms with E-state index in [9.17, 15) is 5.11 Å². The number of hydrogen-bond acceptors (Lipinski definition) is 3. The standard InChI is InChI=1S/C19H31NO2/c1-7-8-11-22-19-16(15(6)9-10-21)12-17(13(2)3)20-18(19)14(4)5/h9,12-14,21H,7-8,10-11H2,1-6H3/b15-9-. The van der Waals surface area contributed by atoms with Crippen LogP contribution in [0.4, 0.5) is 0 Å². The summed E-state index contributed by atoms with van der Waals surface area (Å²) in [5.41, 5.74) is 4.20. The summed E-state index contributed by atoms with van der Waals surface area (Å²) in [7, 11) is 0. The van der Waals surface area contributed by atoms with Crippen LogP contribution >= 0.6 is 0 Å². The molecule has 0 aliphatic rings. The van der Waals surface area contributed by atoms with Gasteiger partial charge in [-0.1, -0.05) is 47.1 Å². The summed E-state index contributed by atoms with van der Waals surface area (Å²) in [5.74, 6) is 1.55. The minimum atomic E-state index is 0.0383. The lowest BCUT2D eigenvalue weighted by Crippen LogP contribution is -2.09. The lowest BCUT2D eigenvalue weighted by molar-refractivity contribution is 0.302. The number of allylic oxidation sites excluding steroid dienone is 1. The second kappa shape index (κ2) is 8.94. The van der Waals surface area contributed by atoms with E-state index in [4.69, 9.17) is 9.72 Å². The van der Waals surface area contributed by atoms with Crippen molar-refractivity contribution in [2.24, 2.45) is 0 Å². The maximum absolute atomic E-state index is 9.23. The molecule has 3 nitrogen and oxygen atoms in total. The quantitative estimate of drug-likeness (QED) is 0.694. The number of hydrogen-bond donors (Lipinski definition) is 1. The minimum absolute atomic E-state index is 0.0383. The molecule has 22 heavy (non-hydrogen) atoms. The Morgan fingerprint density at radius 3 is 2.45 bits per heavy atom. The number of rotatable bonds is 8. The first kappa shape index (κ1) is 18.7. The zero-order valence-electron chi connectivity index (χ0n) is 14.9. The molecule has 0 aromatic carbocycles. The van der Waals surface area contributed by atoms with Gasteiger partial charge in [0.25, 0.3) is 0 Å². The van der Waals surface area contributed by atoms with E-state index in [1.165, 1.54) is 0 Å². The van der Waals surface area contributed by atoms with Crippen molar-refractivity contribution in [2.45, 2.75) is 66.2 Å². The summed E-state index contributed by atoms with van der Waals surface area (Å²) >= 11 is 0. The summed E-state index contributed by atoms with van der Waals surface area (Å²) in [6, 6.07) is 2.11. The van der Waals surface area contributed by atoms with Gasteiger partial charge in [0.2, 0.25) is 0 Å².